The van der Waals surface area contributed by atoms with Crippen molar-refractivity contribution in [2.45, 2.75) is 32.6 Å². The minimum Gasteiger partial charge on any atom is -0.481 e. The minimum atomic E-state index is -0.875. The Morgan fingerprint density at radius 1 is 1.33 bits per heavy atom. The zero-order chi connectivity index (χ0) is 15.2. The Morgan fingerprint density at radius 3 is 2.86 bits per heavy atom. The first-order valence-corrected chi connectivity index (χ1v) is 6.99. The molecule has 0 radical (unpaired) electrons. The second-order valence-corrected chi connectivity index (χ2v) is 5.00. The van der Waals surface area contributed by atoms with E-state index in [1.807, 2.05) is 25.1 Å². The number of imidazole rings is 1. The molecule has 0 aliphatic carbocycles. The van der Waals surface area contributed by atoms with Crippen molar-refractivity contribution in [3.8, 4) is 0 Å². The lowest BCUT2D eigenvalue weighted by Gasteiger charge is -2.02. The van der Waals surface area contributed by atoms with Crippen LogP contribution in [0.3, 0.4) is 0 Å². The van der Waals surface area contributed by atoms with Gasteiger partial charge in [-0.25, -0.2) is 4.98 Å². The van der Waals surface area contributed by atoms with Crippen molar-refractivity contribution in [3.63, 3.8) is 0 Å². The molecule has 1 heterocycles. The summed E-state index contributed by atoms with van der Waals surface area (Å²) in [5.41, 5.74) is 3.07. The number of hydrogen-bond acceptors (Lipinski definition) is 3. The second kappa shape index (κ2) is 6.88. The third kappa shape index (κ3) is 4.30. The summed E-state index contributed by atoms with van der Waals surface area (Å²) in [6, 6.07) is 5.96. The molecule has 21 heavy (non-hydrogen) atoms. The number of amides is 1. The lowest BCUT2D eigenvalue weighted by Crippen LogP contribution is -2.25. The van der Waals surface area contributed by atoms with Crippen LogP contribution in [0, 0.1) is 6.92 Å². The summed E-state index contributed by atoms with van der Waals surface area (Å²) in [5.74, 6) is -0.158. The minimum absolute atomic E-state index is 0.0241. The number of benzene rings is 1. The van der Waals surface area contributed by atoms with Gasteiger partial charge < -0.3 is 15.4 Å². The number of hydrogen-bond donors (Lipinski definition) is 3. The summed E-state index contributed by atoms with van der Waals surface area (Å²) in [6.07, 6.45) is 1.26. The third-order valence-corrected chi connectivity index (χ3v) is 3.24. The predicted octanol–water partition coefficient (Wildman–Crippen LogP) is 1.78. The van der Waals surface area contributed by atoms with Crippen LogP contribution in [0.2, 0.25) is 0 Å². The van der Waals surface area contributed by atoms with E-state index in [0.717, 1.165) is 22.4 Å². The van der Waals surface area contributed by atoms with Gasteiger partial charge in [-0.2, -0.15) is 0 Å². The molecule has 2 rings (SSSR count). The zero-order valence-corrected chi connectivity index (χ0v) is 12.0. The molecular weight excluding hydrogens is 270 g/mol. The summed E-state index contributed by atoms with van der Waals surface area (Å²) >= 11 is 0. The molecule has 1 aromatic heterocycles. The van der Waals surface area contributed by atoms with E-state index < -0.39 is 5.97 Å². The van der Waals surface area contributed by atoms with Crippen LogP contribution in [0.1, 0.15) is 30.7 Å². The predicted molar refractivity (Wildman–Crippen MR) is 79.0 cm³/mol. The van der Waals surface area contributed by atoms with Crippen molar-refractivity contribution in [1.29, 1.82) is 0 Å². The number of rotatable bonds is 7. The van der Waals surface area contributed by atoms with E-state index in [9.17, 15) is 9.59 Å². The highest BCUT2D eigenvalue weighted by molar-refractivity contribution is 5.78. The molecule has 0 spiro atoms. The lowest BCUT2D eigenvalue weighted by atomic mass is 10.2. The molecule has 3 N–H and O–H groups in total. The average Bonchev–Trinajstić information content (AvgIpc) is 2.82. The van der Waals surface area contributed by atoms with Crippen LogP contribution in [-0.2, 0) is 16.0 Å². The largest absolute Gasteiger partial charge is 0.481 e. The summed E-state index contributed by atoms with van der Waals surface area (Å²) < 4.78 is 0. The van der Waals surface area contributed by atoms with Gasteiger partial charge in [-0.05, 0) is 25.0 Å². The quantitative estimate of drug-likeness (QED) is 0.724. The van der Waals surface area contributed by atoms with E-state index in [2.05, 4.69) is 15.3 Å². The van der Waals surface area contributed by atoms with Gasteiger partial charge in [0.25, 0.3) is 0 Å². The molecule has 1 aromatic carbocycles. The molecule has 0 aliphatic rings. The van der Waals surface area contributed by atoms with Gasteiger partial charge in [-0.1, -0.05) is 12.1 Å². The standard InChI is InChI=1S/C15H19N3O3/c1-10-4-2-5-11-15(10)18-12(17-11)8-9-16-13(19)6-3-7-14(20)21/h2,4-5H,3,6-9H2,1H3,(H,16,19)(H,17,18)(H,20,21). The number of para-hydroxylation sites is 1. The Labute approximate surface area is 122 Å². The van der Waals surface area contributed by atoms with Gasteiger partial charge in [0.15, 0.2) is 0 Å². The van der Waals surface area contributed by atoms with Crippen LogP contribution in [0.15, 0.2) is 18.2 Å². The lowest BCUT2D eigenvalue weighted by molar-refractivity contribution is -0.137. The van der Waals surface area contributed by atoms with E-state index in [4.69, 9.17) is 5.11 Å². The fraction of sp³-hybridized carbons (Fsp3) is 0.400. The number of carbonyl (C=O) groups excluding carboxylic acids is 1. The molecule has 2 aromatic rings. The van der Waals surface area contributed by atoms with E-state index >= 15 is 0 Å². The number of nitrogens with one attached hydrogen (secondary N) is 2. The van der Waals surface area contributed by atoms with E-state index in [1.165, 1.54) is 0 Å². The first-order valence-electron chi connectivity index (χ1n) is 6.99. The van der Waals surface area contributed by atoms with Gasteiger partial charge >= 0.3 is 5.97 Å². The third-order valence-electron chi connectivity index (χ3n) is 3.24. The maximum absolute atomic E-state index is 11.5. The molecular formula is C15H19N3O3. The number of carboxylic acid groups (broad SMARTS) is 1. The molecule has 6 nitrogen and oxygen atoms in total. The second-order valence-electron chi connectivity index (χ2n) is 5.00. The van der Waals surface area contributed by atoms with Crippen molar-refractivity contribution >= 4 is 22.9 Å². The SMILES string of the molecule is Cc1cccc2[nH]c(CCNC(=O)CCCC(=O)O)nc12. The molecule has 0 saturated heterocycles. The molecule has 0 saturated carbocycles. The van der Waals surface area contributed by atoms with Crippen molar-refractivity contribution in [2.75, 3.05) is 6.54 Å². The van der Waals surface area contributed by atoms with Gasteiger partial charge in [0, 0.05) is 25.8 Å². The van der Waals surface area contributed by atoms with Crippen molar-refractivity contribution in [1.82, 2.24) is 15.3 Å². The number of aryl methyl sites for hydroxylation is 1. The summed E-state index contributed by atoms with van der Waals surface area (Å²) in [7, 11) is 0. The highest BCUT2D eigenvalue weighted by Gasteiger charge is 2.06. The Kier molecular flexibility index (Phi) is 4.92. The van der Waals surface area contributed by atoms with Crippen LogP contribution in [0.4, 0.5) is 0 Å². The number of aromatic nitrogens is 2. The first kappa shape index (κ1) is 15.0. The van der Waals surface area contributed by atoms with Gasteiger partial charge in [-0.15, -0.1) is 0 Å². The fourth-order valence-electron chi connectivity index (χ4n) is 2.15. The smallest absolute Gasteiger partial charge is 0.303 e. The van der Waals surface area contributed by atoms with Gasteiger partial charge in [0.1, 0.15) is 5.82 Å². The molecule has 0 bridgehead atoms. The normalized spacial score (nSPS) is 10.7. The summed E-state index contributed by atoms with van der Waals surface area (Å²) in [5, 5.41) is 11.3. The van der Waals surface area contributed by atoms with Crippen LogP contribution < -0.4 is 5.32 Å². The number of carbonyl (C=O) groups is 2. The number of carboxylic acids is 1. The van der Waals surface area contributed by atoms with E-state index in [0.29, 0.717) is 19.4 Å². The monoisotopic (exact) mass is 289 g/mol. The molecule has 0 fully saturated rings. The van der Waals surface area contributed by atoms with E-state index in [-0.39, 0.29) is 18.7 Å². The molecule has 0 aliphatic heterocycles. The number of nitrogens with zero attached hydrogens (tertiary/aromatic N) is 1. The van der Waals surface area contributed by atoms with Gasteiger partial charge in [0.05, 0.1) is 11.0 Å². The summed E-state index contributed by atoms with van der Waals surface area (Å²) in [4.78, 5) is 29.6. The highest BCUT2D eigenvalue weighted by atomic mass is 16.4. The molecule has 112 valence electrons. The van der Waals surface area contributed by atoms with Crippen LogP contribution >= 0.6 is 0 Å². The Balaban J connectivity index is 1.78. The van der Waals surface area contributed by atoms with Crippen LogP contribution in [-0.4, -0.2) is 33.5 Å². The number of H-pyrrole nitrogens is 1. The van der Waals surface area contributed by atoms with Crippen LogP contribution in [0.25, 0.3) is 11.0 Å². The number of aromatic amines is 1. The molecule has 6 heteroatoms. The topological polar surface area (TPSA) is 95.1 Å². The molecule has 1 amide bonds. The highest BCUT2D eigenvalue weighted by Crippen LogP contribution is 2.15. The maximum atomic E-state index is 11.5. The molecule has 0 atom stereocenters. The van der Waals surface area contributed by atoms with Gasteiger partial charge in [0.2, 0.25) is 5.91 Å². The number of fused-ring (bicyclic) bond motifs is 1. The van der Waals surface area contributed by atoms with Crippen LogP contribution in [0.5, 0.6) is 0 Å². The average molecular weight is 289 g/mol. The van der Waals surface area contributed by atoms with Gasteiger partial charge in [-0.3, -0.25) is 9.59 Å². The Hall–Kier alpha value is -2.37. The number of aliphatic carboxylic acids is 1. The fourth-order valence-corrected chi connectivity index (χ4v) is 2.15. The zero-order valence-electron chi connectivity index (χ0n) is 12.0. The first-order chi connectivity index (χ1) is 10.1. The van der Waals surface area contributed by atoms with Crippen molar-refractivity contribution < 1.29 is 14.7 Å². The Morgan fingerprint density at radius 2 is 2.14 bits per heavy atom. The maximum Gasteiger partial charge on any atom is 0.303 e. The summed E-state index contributed by atoms with van der Waals surface area (Å²) in [6.45, 7) is 2.50. The van der Waals surface area contributed by atoms with Crippen molar-refractivity contribution in [3.05, 3.63) is 29.6 Å². The Bertz CT molecular complexity index is 649. The van der Waals surface area contributed by atoms with E-state index in [1.54, 1.807) is 0 Å². The van der Waals surface area contributed by atoms with Crippen molar-refractivity contribution in [2.24, 2.45) is 0 Å². The molecule has 0 unspecified atom stereocenters.